The maximum absolute atomic E-state index is 11.9. The number of rotatable bonds is 6. The number of hydrogen-bond acceptors (Lipinski definition) is 5. The molecule has 1 aromatic rings. The number of ether oxygens (including phenoxy) is 1. The third kappa shape index (κ3) is 6.83. The number of carbonyl (C=O) groups is 2. The summed E-state index contributed by atoms with van der Waals surface area (Å²) in [5.41, 5.74) is 0.0772. The van der Waals surface area contributed by atoms with E-state index in [0.29, 0.717) is 0 Å². The normalized spacial score (nSPS) is 12.3. The van der Waals surface area contributed by atoms with Crippen molar-refractivity contribution in [1.82, 2.24) is 5.32 Å². The number of alkyl carbamates (subject to hydrolysis) is 1. The molecule has 22 heavy (non-hydrogen) atoms. The first-order chi connectivity index (χ1) is 10.2. The summed E-state index contributed by atoms with van der Waals surface area (Å²) in [5, 5.41) is 12.9. The molecule has 0 spiro atoms. The van der Waals surface area contributed by atoms with Crippen LogP contribution in [0.3, 0.4) is 0 Å². The third-order valence-corrected chi connectivity index (χ3v) is 2.65. The summed E-state index contributed by atoms with van der Waals surface area (Å²) in [6.45, 7) is 4.24. The lowest BCUT2D eigenvalue weighted by molar-refractivity contribution is -0.467. The van der Waals surface area contributed by atoms with Crippen molar-refractivity contribution in [3.05, 3.63) is 46.0 Å². The number of carbonyl (C=O) groups excluding carboxylic acids is 2. The van der Waals surface area contributed by atoms with E-state index in [1.54, 1.807) is 45.0 Å². The van der Waals surface area contributed by atoms with Gasteiger partial charge in [0.1, 0.15) is 11.6 Å². The number of hydrogen-bond donors (Lipinski definition) is 1. The number of benzene rings is 1. The molecule has 7 heteroatoms. The van der Waals surface area contributed by atoms with Gasteiger partial charge in [0, 0.05) is 11.3 Å². The van der Waals surface area contributed by atoms with Gasteiger partial charge in [-0.15, -0.1) is 0 Å². The zero-order valence-corrected chi connectivity index (χ0v) is 12.9. The van der Waals surface area contributed by atoms with E-state index in [2.05, 4.69) is 5.32 Å². The highest BCUT2D eigenvalue weighted by Crippen LogP contribution is 2.09. The number of ketones is 1. The van der Waals surface area contributed by atoms with Crippen LogP contribution in [-0.2, 0) is 16.0 Å². The van der Waals surface area contributed by atoms with Gasteiger partial charge in [0.2, 0.25) is 5.78 Å². The Hall–Kier alpha value is -2.44. The maximum Gasteiger partial charge on any atom is 0.408 e. The summed E-state index contributed by atoms with van der Waals surface area (Å²) in [6, 6.07) is 7.96. The van der Waals surface area contributed by atoms with Crippen LogP contribution in [0, 0.1) is 10.1 Å². The smallest absolute Gasteiger partial charge is 0.408 e. The van der Waals surface area contributed by atoms with Gasteiger partial charge < -0.3 is 10.1 Å². The second kappa shape index (κ2) is 7.53. The van der Waals surface area contributed by atoms with E-state index in [-0.39, 0.29) is 6.42 Å². The van der Waals surface area contributed by atoms with Crippen molar-refractivity contribution in [1.29, 1.82) is 0 Å². The molecule has 120 valence electrons. The first-order valence-corrected chi connectivity index (χ1v) is 6.85. The van der Waals surface area contributed by atoms with Crippen LogP contribution in [0.25, 0.3) is 0 Å². The number of nitrogens with one attached hydrogen (secondary N) is 1. The van der Waals surface area contributed by atoms with Gasteiger partial charge in [-0.05, 0) is 26.3 Å². The molecule has 0 fully saturated rings. The Morgan fingerprint density at radius 3 is 2.36 bits per heavy atom. The van der Waals surface area contributed by atoms with Crippen LogP contribution in [0.2, 0.25) is 0 Å². The molecule has 0 radical (unpaired) electrons. The number of amides is 1. The van der Waals surface area contributed by atoms with Crippen LogP contribution < -0.4 is 5.32 Å². The van der Waals surface area contributed by atoms with E-state index in [4.69, 9.17) is 4.74 Å². The fraction of sp³-hybridized carbons (Fsp3) is 0.467. The van der Waals surface area contributed by atoms with Crippen molar-refractivity contribution in [2.75, 3.05) is 6.54 Å². The highest BCUT2D eigenvalue weighted by molar-refractivity contribution is 5.88. The molecular formula is C15H20N2O5. The topological polar surface area (TPSA) is 98.5 Å². The average Bonchev–Trinajstić information content (AvgIpc) is 2.36. The van der Waals surface area contributed by atoms with Gasteiger partial charge in [-0.25, -0.2) is 4.79 Å². The van der Waals surface area contributed by atoms with Gasteiger partial charge in [0.15, 0.2) is 0 Å². The molecular weight excluding hydrogens is 288 g/mol. The van der Waals surface area contributed by atoms with Gasteiger partial charge in [0.05, 0.1) is 0 Å². The largest absolute Gasteiger partial charge is 0.444 e. The quantitative estimate of drug-likeness (QED) is 0.640. The van der Waals surface area contributed by atoms with Crippen LogP contribution in [0.15, 0.2) is 30.3 Å². The predicted molar refractivity (Wildman–Crippen MR) is 80.2 cm³/mol. The number of nitrogens with zero attached hydrogens (tertiary/aromatic N) is 1. The Balaban J connectivity index is 2.80. The highest BCUT2D eigenvalue weighted by atomic mass is 16.6. The van der Waals surface area contributed by atoms with E-state index in [1.807, 2.05) is 6.07 Å². The maximum atomic E-state index is 11.9. The molecule has 1 aromatic carbocycles. The molecule has 0 aromatic heterocycles. The standard InChI is InChI=1S/C15H20N2O5/c1-15(2,3)22-14(19)16-12(13(18)10-17(20)21)9-11-7-5-4-6-8-11/h4-8,12H,9-10H2,1-3H3,(H,16,19). The van der Waals surface area contributed by atoms with Gasteiger partial charge in [-0.2, -0.15) is 0 Å². The summed E-state index contributed by atoms with van der Waals surface area (Å²) in [7, 11) is 0. The molecule has 7 nitrogen and oxygen atoms in total. The van der Waals surface area contributed by atoms with E-state index >= 15 is 0 Å². The highest BCUT2D eigenvalue weighted by Gasteiger charge is 2.27. The second-order valence-electron chi connectivity index (χ2n) is 5.85. The van der Waals surface area contributed by atoms with Crippen LogP contribution in [0.4, 0.5) is 4.79 Å². The molecule has 1 amide bonds. The summed E-state index contributed by atoms with van der Waals surface area (Å²) in [6.07, 6.45) is -0.600. The SMILES string of the molecule is CC(C)(C)OC(=O)NC(Cc1ccccc1)C(=O)C[N+](=O)[O-]. The minimum Gasteiger partial charge on any atom is -0.444 e. The summed E-state index contributed by atoms with van der Waals surface area (Å²) >= 11 is 0. The van der Waals surface area contributed by atoms with Gasteiger partial charge in [-0.3, -0.25) is 14.9 Å². The molecule has 0 saturated heterocycles. The molecule has 0 aliphatic carbocycles. The first kappa shape index (κ1) is 17.6. The van der Waals surface area contributed by atoms with Gasteiger partial charge >= 0.3 is 6.09 Å². The predicted octanol–water partition coefficient (Wildman–Crippen LogP) is 1.97. The Kier molecular flexibility index (Phi) is 6.03. The van der Waals surface area contributed by atoms with Crippen molar-refractivity contribution >= 4 is 11.9 Å². The molecule has 1 rings (SSSR count). The lowest BCUT2D eigenvalue weighted by Crippen LogP contribution is -2.46. The van der Waals surface area contributed by atoms with Crippen molar-refractivity contribution < 1.29 is 19.2 Å². The minimum atomic E-state index is -0.998. The van der Waals surface area contributed by atoms with Crippen molar-refractivity contribution in [3.63, 3.8) is 0 Å². The van der Waals surface area contributed by atoms with Crippen molar-refractivity contribution in [3.8, 4) is 0 Å². The molecule has 1 atom stereocenters. The molecule has 1 N–H and O–H groups in total. The Morgan fingerprint density at radius 2 is 1.86 bits per heavy atom. The third-order valence-electron chi connectivity index (χ3n) is 2.65. The minimum absolute atomic E-state index is 0.173. The van der Waals surface area contributed by atoms with Gasteiger partial charge in [0.25, 0.3) is 6.54 Å². The molecule has 1 unspecified atom stereocenters. The van der Waals surface area contributed by atoms with Crippen molar-refractivity contribution in [2.45, 2.75) is 38.8 Å². The van der Waals surface area contributed by atoms with Gasteiger partial charge in [-0.1, -0.05) is 30.3 Å². The van der Waals surface area contributed by atoms with E-state index in [0.717, 1.165) is 5.56 Å². The summed E-state index contributed by atoms with van der Waals surface area (Å²) < 4.78 is 5.09. The fourth-order valence-electron chi connectivity index (χ4n) is 1.78. The second-order valence-corrected chi connectivity index (χ2v) is 5.85. The summed E-state index contributed by atoms with van der Waals surface area (Å²) in [4.78, 5) is 33.6. The van der Waals surface area contributed by atoms with Crippen LogP contribution in [-0.4, -0.2) is 35.0 Å². The van der Waals surface area contributed by atoms with E-state index in [9.17, 15) is 19.7 Å². The Bertz CT molecular complexity index is 537. The zero-order chi connectivity index (χ0) is 16.8. The molecule has 0 bridgehead atoms. The molecule has 0 aliphatic rings. The molecule has 0 heterocycles. The lowest BCUT2D eigenvalue weighted by Gasteiger charge is -2.22. The van der Waals surface area contributed by atoms with Crippen LogP contribution >= 0.6 is 0 Å². The zero-order valence-electron chi connectivity index (χ0n) is 12.9. The molecule has 0 aliphatic heterocycles. The number of Topliss-reactive ketones (excluding diaryl/α,β-unsaturated/α-hetero) is 1. The number of nitro groups is 1. The van der Waals surface area contributed by atoms with Crippen LogP contribution in [0.1, 0.15) is 26.3 Å². The molecule has 0 saturated carbocycles. The Labute approximate surface area is 128 Å². The van der Waals surface area contributed by atoms with Crippen LogP contribution in [0.5, 0.6) is 0 Å². The lowest BCUT2D eigenvalue weighted by atomic mass is 10.0. The monoisotopic (exact) mass is 308 g/mol. The van der Waals surface area contributed by atoms with E-state index in [1.165, 1.54) is 0 Å². The Morgan fingerprint density at radius 1 is 1.27 bits per heavy atom. The average molecular weight is 308 g/mol. The fourth-order valence-corrected chi connectivity index (χ4v) is 1.78. The first-order valence-electron chi connectivity index (χ1n) is 6.85. The van der Waals surface area contributed by atoms with Crippen molar-refractivity contribution in [2.24, 2.45) is 0 Å². The summed E-state index contributed by atoms with van der Waals surface area (Å²) in [5.74, 6) is -0.667. The van der Waals surface area contributed by atoms with E-state index < -0.39 is 35.0 Å².